The van der Waals surface area contributed by atoms with E-state index in [4.69, 9.17) is 4.42 Å². The Morgan fingerprint density at radius 3 is 2.95 bits per heavy atom. The first-order chi connectivity index (χ1) is 10.3. The average Bonchev–Trinajstić information content (AvgIpc) is 3.24. The van der Waals surface area contributed by atoms with E-state index in [1.165, 1.54) is 6.08 Å². The van der Waals surface area contributed by atoms with Crippen LogP contribution in [0.1, 0.15) is 10.6 Å². The van der Waals surface area contributed by atoms with Crippen molar-refractivity contribution in [3.05, 3.63) is 63.2 Å². The Labute approximate surface area is 130 Å². The van der Waals surface area contributed by atoms with Crippen molar-refractivity contribution in [3.8, 4) is 11.3 Å². The number of nitrogens with one attached hydrogen (secondary N) is 1. The predicted octanol–water partition coefficient (Wildman–Crippen LogP) is 4.40. The molecule has 0 spiro atoms. The van der Waals surface area contributed by atoms with Gasteiger partial charge in [-0.05, 0) is 41.1 Å². The number of furan rings is 1. The molecule has 3 aromatic rings. The van der Waals surface area contributed by atoms with Crippen LogP contribution in [0.4, 0.5) is 0 Å². The van der Waals surface area contributed by atoms with Crippen LogP contribution in [0.3, 0.4) is 0 Å². The van der Waals surface area contributed by atoms with E-state index < -0.39 is 0 Å². The van der Waals surface area contributed by atoms with Crippen LogP contribution in [0.25, 0.3) is 17.4 Å². The summed E-state index contributed by atoms with van der Waals surface area (Å²) in [6.07, 6.45) is 3.34. The lowest BCUT2D eigenvalue weighted by Gasteiger charge is -1.98. The molecule has 0 aliphatic carbocycles. The number of hydrogen-bond donors (Lipinski definition) is 1. The lowest BCUT2D eigenvalue weighted by atomic mass is 10.3. The van der Waals surface area contributed by atoms with Crippen LogP contribution in [0.15, 0.2) is 57.0 Å². The van der Waals surface area contributed by atoms with Gasteiger partial charge in [-0.2, -0.15) is 11.3 Å². The van der Waals surface area contributed by atoms with Gasteiger partial charge in [-0.1, -0.05) is 6.07 Å². The maximum atomic E-state index is 11.7. The monoisotopic (exact) mass is 315 g/mol. The summed E-state index contributed by atoms with van der Waals surface area (Å²) in [6, 6.07) is 9.74. The highest BCUT2D eigenvalue weighted by Crippen LogP contribution is 2.24. The minimum Gasteiger partial charge on any atom is -0.459 e. The Balaban J connectivity index is 1.54. The lowest BCUT2D eigenvalue weighted by molar-refractivity contribution is -0.116. The van der Waals surface area contributed by atoms with E-state index in [1.807, 2.05) is 46.5 Å². The van der Waals surface area contributed by atoms with Crippen LogP contribution < -0.4 is 5.32 Å². The molecule has 0 aliphatic rings. The quantitative estimate of drug-likeness (QED) is 0.709. The molecule has 0 aromatic carbocycles. The highest BCUT2D eigenvalue weighted by Gasteiger charge is 2.05. The van der Waals surface area contributed by atoms with E-state index >= 15 is 0 Å². The summed E-state index contributed by atoms with van der Waals surface area (Å²) in [6.45, 7) is 0.387. The van der Waals surface area contributed by atoms with Gasteiger partial charge in [0.1, 0.15) is 11.5 Å². The fraction of sp³-hybridized carbons (Fsp3) is 0.0625. The molecule has 1 N–H and O–H groups in total. The highest BCUT2D eigenvalue weighted by molar-refractivity contribution is 7.10. The molecule has 5 heteroatoms. The smallest absolute Gasteiger partial charge is 0.244 e. The Morgan fingerprint density at radius 2 is 2.19 bits per heavy atom. The summed E-state index contributed by atoms with van der Waals surface area (Å²) >= 11 is 3.23. The molecule has 3 heterocycles. The van der Waals surface area contributed by atoms with Crippen LogP contribution in [0, 0.1) is 0 Å². The fourth-order valence-corrected chi connectivity index (χ4v) is 3.07. The Bertz CT molecular complexity index is 724. The van der Waals surface area contributed by atoms with E-state index in [2.05, 4.69) is 5.32 Å². The maximum absolute atomic E-state index is 11.7. The predicted molar refractivity (Wildman–Crippen MR) is 87.2 cm³/mol. The van der Waals surface area contributed by atoms with Crippen LogP contribution >= 0.6 is 22.7 Å². The SMILES string of the molecule is O=C(C=Cc1cccs1)NCc1ccc(-c2ccsc2)o1. The van der Waals surface area contributed by atoms with E-state index in [-0.39, 0.29) is 5.91 Å². The van der Waals surface area contributed by atoms with Gasteiger partial charge in [0.25, 0.3) is 0 Å². The molecule has 21 heavy (non-hydrogen) atoms. The van der Waals surface area contributed by atoms with E-state index in [9.17, 15) is 4.79 Å². The van der Waals surface area contributed by atoms with Gasteiger partial charge in [0, 0.05) is 21.9 Å². The molecule has 1 amide bonds. The summed E-state index contributed by atoms with van der Waals surface area (Å²) < 4.78 is 5.70. The first kappa shape index (κ1) is 13.9. The minimum absolute atomic E-state index is 0.128. The number of thiophene rings is 2. The molecule has 0 saturated carbocycles. The number of carbonyl (C=O) groups excluding carboxylic acids is 1. The van der Waals surface area contributed by atoms with Gasteiger partial charge in [-0.3, -0.25) is 4.79 Å². The van der Waals surface area contributed by atoms with Gasteiger partial charge in [0.15, 0.2) is 0 Å². The van der Waals surface area contributed by atoms with E-state index in [0.29, 0.717) is 6.54 Å². The molecule has 0 atom stereocenters. The molecule has 0 bridgehead atoms. The molecule has 0 aliphatic heterocycles. The Morgan fingerprint density at radius 1 is 1.24 bits per heavy atom. The zero-order chi connectivity index (χ0) is 14.5. The molecule has 3 aromatic heterocycles. The maximum Gasteiger partial charge on any atom is 0.244 e. The van der Waals surface area contributed by atoms with Crippen molar-refractivity contribution in [2.24, 2.45) is 0 Å². The molecule has 0 saturated heterocycles. The normalized spacial score (nSPS) is 11.0. The van der Waals surface area contributed by atoms with Crippen LogP contribution in [0.5, 0.6) is 0 Å². The van der Waals surface area contributed by atoms with Crippen molar-refractivity contribution in [2.75, 3.05) is 0 Å². The number of hydrogen-bond acceptors (Lipinski definition) is 4. The van der Waals surface area contributed by atoms with Crippen LogP contribution in [-0.2, 0) is 11.3 Å². The summed E-state index contributed by atoms with van der Waals surface area (Å²) in [4.78, 5) is 12.8. The van der Waals surface area contributed by atoms with Crippen molar-refractivity contribution in [1.29, 1.82) is 0 Å². The third-order valence-electron chi connectivity index (χ3n) is 2.85. The van der Waals surface area contributed by atoms with Gasteiger partial charge in [0.05, 0.1) is 6.54 Å². The third kappa shape index (κ3) is 3.71. The second-order valence-electron chi connectivity index (χ2n) is 4.34. The van der Waals surface area contributed by atoms with Crippen LogP contribution in [0.2, 0.25) is 0 Å². The Kier molecular flexibility index (Phi) is 4.33. The van der Waals surface area contributed by atoms with Crippen LogP contribution in [-0.4, -0.2) is 5.91 Å². The summed E-state index contributed by atoms with van der Waals surface area (Å²) in [7, 11) is 0. The minimum atomic E-state index is -0.128. The largest absolute Gasteiger partial charge is 0.459 e. The molecule has 0 unspecified atom stereocenters. The molecule has 3 rings (SSSR count). The molecule has 0 fully saturated rings. The summed E-state index contributed by atoms with van der Waals surface area (Å²) in [5, 5.41) is 8.83. The average molecular weight is 315 g/mol. The van der Waals surface area contributed by atoms with Gasteiger partial charge in [-0.15, -0.1) is 11.3 Å². The second kappa shape index (κ2) is 6.56. The topological polar surface area (TPSA) is 42.2 Å². The molecule has 0 radical (unpaired) electrons. The summed E-state index contributed by atoms with van der Waals surface area (Å²) in [5.74, 6) is 1.44. The summed E-state index contributed by atoms with van der Waals surface area (Å²) in [5.41, 5.74) is 1.06. The first-order valence-corrected chi connectivity index (χ1v) is 8.24. The van der Waals surface area contributed by atoms with E-state index in [1.54, 1.807) is 28.7 Å². The van der Waals surface area contributed by atoms with Crippen molar-refractivity contribution in [1.82, 2.24) is 5.32 Å². The standard InChI is InChI=1S/C16H13NO2S2/c18-16(6-4-14-2-1-8-21-14)17-10-13-3-5-15(19-13)12-7-9-20-11-12/h1-9,11H,10H2,(H,17,18). The zero-order valence-electron chi connectivity index (χ0n) is 11.1. The fourth-order valence-electron chi connectivity index (χ4n) is 1.81. The number of rotatable bonds is 5. The number of carbonyl (C=O) groups is 1. The van der Waals surface area contributed by atoms with E-state index in [0.717, 1.165) is 22.0 Å². The lowest BCUT2D eigenvalue weighted by Crippen LogP contribution is -2.19. The van der Waals surface area contributed by atoms with Crippen molar-refractivity contribution in [2.45, 2.75) is 6.54 Å². The number of amides is 1. The van der Waals surface area contributed by atoms with Crippen molar-refractivity contribution in [3.63, 3.8) is 0 Å². The van der Waals surface area contributed by atoms with Gasteiger partial charge < -0.3 is 9.73 Å². The molecular weight excluding hydrogens is 302 g/mol. The molecule has 3 nitrogen and oxygen atoms in total. The second-order valence-corrected chi connectivity index (χ2v) is 6.10. The van der Waals surface area contributed by atoms with Gasteiger partial charge in [-0.25, -0.2) is 0 Å². The van der Waals surface area contributed by atoms with Gasteiger partial charge in [0.2, 0.25) is 5.91 Å². The molecule has 106 valence electrons. The zero-order valence-corrected chi connectivity index (χ0v) is 12.7. The highest BCUT2D eigenvalue weighted by atomic mass is 32.1. The van der Waals surface area contributed by atoms with Gasteiger partial charge >= 0.3 is 0 Å². The Hall–Kier alpha value is -2.11. The third-order valence-corrected chi connectivity index (χ3v) is 4.37. The molecular formula is C16H13NO2S2. The van der Waals surface area contributed by atoms with Crippen molar-refractivity contribution < 1.29 is 9.21 Å². The van der Waals surface area contributed by atoms with Crippen molar-refractivity contribution >= 4 is 34.7 Å². The first-order valence-electron chi connectivity index (χ1n) is 6.42.